The van der Waals surface area contributed by atoms with Crippen molar-refractivity contribution in [2.45, 2.75) is 63.0 Å². The zero-order valence-electron chi connectivity index (χ0n) is 18.5. The topological polar surface area (TPSA) is 50.8 Å². The Balaban J connectivity index is 1.36. The quantitative estimate of drug-likeness (QED) is 0.792. The number of nitrogens with one attached hydrogen (secondary N) is 1. The van der Waals surface area contributed by atoms with E-state index in [2.05, 4.69) is 24.4 Å². The van der Waals surface area contributed by atoms with Crippen LogP contribution < -0.4 is 5.32 Å². The highest BCUT2D eigenvalue weighted by Crippen LogP contribution is 2.36. The largest absolute Gasteiger partial charge is 0.370 e. The molecule has 3 aliphatic rings. The van der Waals surface area contributed by atoms with Gasteiger partial charge >= 0.3 is 0 Å². The van der Waals surface area contributed by atoms with Crippen LogP contribution in [0.3, 0.4) is 0 Å². The van der Waals surface area contributed by atoms with Gasteiger partial charge in [-0.25, -0.2) is 4.39 Å². The first-order valence-corrected chi connectivity index (χ1v) is 11.8. The predicted octanol–water partition coefficient (Wildman–Crippen LogP) is 3.61. The Morgan fingerprint density at radius 1 is 1.19 bits per heavy atom. The maximum Gasteiger partial charge on any atom is 0.252 e. The van der Waals surface area contributed by atoms with Crippen LogP contribution in [0.4, 0.5) is 4.39 Å². The van der Waals surface area contributed by atoms with E-state index in [1.807, 2.05) is 17.0 Å². The molecule has 0 saturated carbocycles. The second-order valence-electron chi connectivity index (χ2n) is 9.09. The molecule has 0 unspecified atom stereocenters. The van der Waals surface area contributed by atoms with E-state index < -0.39 is 6.10 Å². The van der Waals surface area contributed by atoms with Gasteiger partial charge in [0.1, 0.15) is 11.9 Å². The molecule has 2 aromatic carbocycles. The minimum Gasteiger partial charge on any atom is -0.370 e. The second kappa shape index (κ2) is 9.30. The van der Waals surface area contributed by atoms with Crippen molar-refractivity contribution in [1.82, 2.24) is 10.2 Å². The number of ether oxygens (including phenoxy) is 2. The van der Waals surface area contributed by atoms with Gasteiger partial charge in [0.05, 0.1) is 24.9 Å². The number of carbonyl (C=O) groups excluding carboxylic acids is 1. The number of benzene rings is 2. The van der Waals surface area contributed by atoms with Crippen molar-refractivity contribution in [2.75, 3.05) is 19.7 Å². The Labute approximate surface area is 188 Å². The van der Waals surface area contributed by atoms with Gasteiger partial charge in [-0.05, 0) is 41.7 Å². The lowest BCUT2D eigenvalue weighted by Crippen LogP contribution is -2.60. The lowest BCUT2D eigenvalue weighted by Gasteiger charge is -2.45. The smallest absolute Gasteiger partial charge is 0.252 e. The highest BCUT2D eigenvalue weighted by Gasteiger charge is 2.42. The number of hydrogen-bond donors (Lipinski definition) is 1. The van der Waals surface area contributed by atoms with Gasteiger partial charge in [0.2, 0.25) is 0 Å². The van der Waals surface area contributed by atoms with E-state index in [0.29, 0.717) is 19.6 Å². The first-order valence-electron chi connectivity index (χ1n) is 11.8. The molecule has 32 heavy (non-hydrogen) atoms. The SMILES string of the molecule is CCC[C@@H]1CN[C@H]2C[C@H](C(=O)N3CCc4ccccc4[C@@H]3c3ccc(F)cc3)OC[C@@H]2O1. The van der Waals surface area contributed by atoms with E-state index >= 15 is 0 Å². The van der Waals surface area contributed by atoms with E-state index in [-0.39, 0.29) is 36.0 Å². The van der Waals surface area contributed by atoms with Gasteiger partial charge < -0.3 is 19.7 Å². The molecule has 2 fully saturated rings. The maximum atomic E-state index is 13.7. The molecule has 5 nitrogen and oxygen atoms in total. The molecule has 6 heteroatoms. The summed E-state index contributed by atoms with van der Waals surface area (Å²) in [7, 11) is 0. The molecule has 0 aliphatic carbocycles. The molecule has 1 amide bonds. The monoisotopic (exact) mass is 438 g/mol. The van der Waals surface area contributed by atoms with Gasteiger partial charge in [-0.1, -0.05) is 49.7 Å². The average molecular weight is 439 g/mol. The van der Waals surface area contributed by atoms with Gasteiger partial charge in [0.15, 0.2) is 0 Å². The summed E-state index contributed by atoms with van der Waals surface area (Å²) >= 11 is 0. The van der Waals surface area contributed by atoms with Crippen molar-refractivity contribution in [1.29, 1.82) is 0 Å². The number of halogens is 1. The van der Waals surface area contributed by atoms with Crippen LogP contribution in [0.1, 0.15) is 48.9 Å². The highest BCUT2D eigenvalue weighted by molar-refractivity contribution is 5.82. The third-order valence-electron chi connectivity index (χ3n) is 6.99. The molecule has 2 aromatic rings. The molecule has 3 heterocycles. The molecule has 0 spiro atoms. The molecule has 170 valence electrons. The van der Waals surface area contributed by atoms with Crippen molar-refractivity contribution >= 4 is 5.91 Å². The van der Waals surface area contributed by atoms with E-state index in [9.17, 15) is 9.18 Å². The third kappa shape index (κ3) is 4.19. The summed E-state index contributed by atoms with van der Waals surface area (Å²) in [5.74, 6) is -0.271. The summed E-state index contributed by atoms with van der Waals surface area (Å²) in [6.07, 6.45) is 3.26. The van der Waals surface area contributed by atoms with Crippen LogP contribution in [0.2, 0.25) is 0 Å². The van der Waals surface area contributed by atoms with Gasteiger partial charge in [0, 0.05) is 25.6 Å². The predicted molar refractivity (Wildman–Crippen MR) is 120 cm³/mol. The Kier molecular flexibility index (Phi) is 6.26. The zero-order valence-corrected chi connectivity index (χ0v) is 18.5. The molecule has 1 N–H and O–H groups in total. The van der Waals surface area contributed by atoms with Gasteiger partial charge in [-0.15, -0.1) is 0 Å². The van der Waals surface area contributed by atoms with Crippen LogP contribution in [0.5, 0.6) is 0 Å². The fraction of sp³-hybridized carbons (Fsp3) is 0.500. The van der Waals surface area contributed by atoms with Crippen LogP contribution in [0.15, 0.2) is 48.5 Å². The Hall–Kier alpha value is -2.28. The summed E-state index contributed by atoms with van der Waals surface area (Å²) in [6.45, 7) is 4.04. The fourth-order valence-corrected chi connectivity index (χ4v) is 5.36. The van der Waals surface area contributed by atoms with Gasteiger partial charge in [-0.3, -0.25) is 4.79 Å². The minimum absolute atomic E-state index is 0.000623. The first-order chi connectivity index (χ1) is 15.6. The molecule has 0 aromatic heterocycles. The minimum atomic E-state index is -0.497. The average Bonchev–Trinajstić information content (AvgIpc) is 2.83. The third-order valence-corrected chi connectivity index (χ3v) is 6.99. The first kappa shape index (κ1) is 21.6. The second-order valence-corrected chi connectivity index (χ2v) is 9.09. The van der Waals surface area contributed by atoms with Crippen molar-refractivity contribution < 1.29 is 18.7 Å². The standard InChI is InChI=1S/C26H31FN2O3/c1-2-5-20-15-28-22-14-23(31-16-24(22)32-20)26(30)29-13-12-17-6-3-4-7-21(17)25(29)18-8-10-19(27)11-9-18/h3-4,6-11,20,22-25,28H,2,5,12-16H2,1H3/t20-,22+,23-,24+,25+/m1/s1. The van der Waals surface area contributed by atoms with Gasteiger partial charge in [0.25, 0.3) is 5.91 Å². The molecule has 0 radical (unpaired) electrons. The summed E-state index contributed by atoms with van der Waals surface area (Å²) in [6, 6.07) is 14.6. The van der Waals surface area contributed by atoms with E-state index in [1.165, 1.54) is 17.7 Å². The molecule has 3 aliphatic heterocycles. The Bertz CT molecular complexity index is 950. The van der Waals surface area contributed by atoms with E-state index in [4.69, 9.17) is 9.47 Å². The Morgan fingerprint density at radius 2 is 2.00 bits per heavy atom. The number of carbonyl (C=O) groups is 1. The molecular weight excluding hydrogens is 407 g/mol. The van der Waals surface area contributed by atoms with Crippen molar-refractivity contribution in [3.05, 3.63) is 71.0 Å². The Morgan fingerprint density at radius 3 is 2.81 bits per heavy atom. The lowest BCUT2D eigenvalue weighted by molar-refractivity contribution is -0.171. The highest BCUT2D eigenvalue weighted by atomic mass is 19.1. The summed E-state index contributed by atoms with van der Waals surface area (Å²) < 4.78 is 25.9. The summed E-state index contributed by atoms with van der Waals surface area (Å²) in [4.78, 5) is 15.6. The number of rotatable bonds is 4. The van der Waals surface area contributed by atoms with Crippen LogP contribution >= 0.6 is 0 Å². The van der Waals surface area contributed by atoms with E-state index in [0.717, 1.165) is 36.9 Å². The van der Waals surface area contributed by atoms with Crippen LogP contribution in [0.25, 0.3) is 0 Å². The van der Waals surface area contributed by atoms with Crippen LogP contribution in [0, 0.1) is 5.82 Å². The van der Waals surface area contributed by atoms with E-state index in [1.54, 1.807) is 12.1 Å². The summed E-state index contributed by atoms with van der Waals surface area (Å²) in [5, 5.41) is 3.59. The van der Waals surface area contributed by atoms with Crippen molar-refractivity contribution in [3.63, 3.8) is 0 Å². The normalized spacial score (nSPS) is 29.8. The number of fused-ring (bicyclic) bond motifs is 2. The number of amides is 1. The van der Waals surface area contributed by atoms with Crippen LogP contribution in [-0.4, -0.2) is 54.9 Å². The molecule has 2 saturated heterocycles. The van der Waals surface area contributed by atoms with Crippen molar-refractivity contribution in [3.8, 4) is 0 Å². The van der Waals surface area contributed by atoms with Crippen molar-refractivity contribution in [2.24, 2.45) is 0 Å². The lowest BCUT2D eigenvalue weighted by atomic mass is 9.87. The molecule has 5 atom stereocenters. The zero-order chi connectivity index (χ0) is 22.1. The van der Waals surface area contributed by atoms with Crippen LogP contribution in [-0.2, 0) is 20.7 Å². The number of nitrogens with zero attached hydrogens (tertiary/aromatic N) is 1. The molecule has 0 bridgehead atoms. The summed E-state index contributed by atoms with van der Waals surface area (Å²) in [5.41, 5.74) is 3.26. The number of morpholine rings is 1. The fourth-order valence-electron chi connectivity index (χ4n) is 5.36. The number of hydrogen-bond acceptors (Lipinski definition) is 4. The molecule has 5 rings (SSSR count). The molecular formula is C26H31FN2O3. The maximum absolute atomic E-state index is 13.7. The van der Waals surface area contributed by atoms with Gasteiger partial charge in [-0.2, -0.15) is 0 Å².